The van der Waals surface area contributed by atoms with Gasteiger partial charge in [-0.05, 0) is 92.4 Å². The van der Waals surface area contributed by atoms with Crippen LogP contribution in [0, 0.1) is 0 Å². The van der Waals surface area contributed by atoms with E-state index in [1.54, 1.807) is 0 Å². The first kappa shape index (κ1) is 27.0. The summed E-state index contributed by atoms with van der Waals surface area (Å²) in [6.07, 6.45) is 0. The highest BCUT2D eigenvalue weighted by atomic mass is 15.0. The van der Waals surface area contributed by atoms with Crippen molar-refractivity contribution in [2.75, 3.05) is 0 Å². The number of aromatic nitrogens is 1. The van der Waals surface area contributed by atoms with E-state index in [4.69, 9.17) is 0 Å². The van der Waals surface area contributed by atoms with Crippen molar-refractivity contribution in [1.82, 2.24) is 4.57 Å². The van der Waals surface area contributed by atoms with E-state index < -0.39 is 0 Å². The Morgan fingerprint density at radius 1 is 0.333 bits per heavy atom. The molecule has 1 aliphatic heterocycles. The Kier molecular flexibility index (Phi) is 6.04. The summed E-state index contributed by atoms with van der Waals surface area (Å²) in [7, 11) is 2.31. The predicted octanol–water partition coefficient (Wildman–Crippen LogP) is 10.6. The second-order valence-corrected chi connectivity index (χ2v) is 12.8. The largest absolute Gasteiger partial charge is 0.309 e. The molecule has 1 nitrogen and oxygen atoms in total. The maximum atomic E-state index is 2.45. The van der Waals surface area contributed by atoms with Gasteiger partial charge in [0.2, 0.25) is 0 Å². The van der Waals surface area contributed by atoms with Crippen LogP contribution in [0.25, 0.3) is 82.8 Å². The van der Waals surface area contributed by atoms with E-state index in [0.29, 0.717) is 0 Å². The molecule has 0 amide bonds. The fourth-order valence-electron chi connectivity index (χ4n) is 7.66. The monoisotopic (exact) mass is 606 g/mol. The van der Waals surface area contributed by atoms with Crippen LogP contribution in [0.15, 0.2) is 176 Å². The number of fused-ring (bicyclic) bond motifs is 7. The third-order valence-electron chi connectivity index (χ3n) is 10.0. The van der Waals surface area contributed by atoms with Gasteiger partial charge in [-0.1, -0.05) is 144 Å². The van der Waals surface area contributed by atoms with Crippen molar-refractivity contribution in [2.24, 2.45) is 0 Å². The number of hydrogen-bond acceptors (Lipinski definition) is 0. The lowest BCUT2D eigenvalue weighted by atomic mass is 9.68. The summed E-state index contributed by atoms with van der Waals surface area (Å²) in [4.78, 5) is 0. The summed E-state index contributed by atoms with van der Waals surface area (Å²) >= 11 is 0. The fraction of sp³-hybridized carbons (Fsp3) is 0. The van der Waals surface area contributed by atoms with E-state index in [0.717, 1.165) is 0 Å². The van der Waals surface area contributed by atoms with Gasteiger partial charge >= 0.3 is 0 Å². The molecule has 8 aromatic carbocycles. The van der Waals surface area contributed by atoms with Crippen molar-refractivity contribution in [2.45, 2.75) is 0 Å². The highest BCUT2D eigenvalue weighted by molar-refractivity contribution is 6.73. The topological polar surface area (TPSA) is 4.93 Å². The van der Waals surface area contributed by atoms with Gasteiger partial charge in [-0.2, -0.15) is 0 Å². The van der Waals surface area contributed by atoms with Crippen molar-refractivity contribution in [3.63, 3.8) is 0 Å². The van der Waals surface area contributed by atoms with Gasteiger partial charge in [0.1, 0.15) is 0 Å². The molecule has 9 aromatic rings. The quantitative estimate of drug-likeness (QED) is 0.176. The summed E-state index contributed by atoms with van der Waals surface area (Å²) in [6, 6.07) is 64.4. The van der Waals surface area contributed by atoms with E-state index in [1.165, 1.54) is 93.7 Å². The Morgan fingerprint density at radius 2 is 0.812 bits per heavy atom. The van der Waals surface area contributed by atoms with Crippen LogP contribution in [0.2, 0.25) is 0 Å². The van der Waals surface area contributed by atoms with Crippen molar-refractivity contribution in [3.05, 3.63) is 176 Å². The van der Waals surface area contributed by atoms with Gasteiger partial charge in [0.25, 0.3) is 0 Å². The Bertz CT molecular complexity index is 2680. The normalized spacial score (nSPS) is 11.9. The zero-order chi connectivity index (χ0) is 31.6. The first-order chi connectivity index (χ1) is 23.8. The van der Waals surface area contributed by atoms with E-state index in [9.17, 15) is 0 Å². The Hall–Kier alpha value is -6.12. The molecule has 1 aliphatic rings. The van der Waals surface area contributed by atoms with Gasteiger partial charge in [0.05, 0.1) is 16.7 Å². The smallest absolute Gasteiger partial charge is 0.193 e. The molecule has 0 aliphatic carbocycles. The SMILES string of the molecule is [B]1c2ccc(-c3ccccc3)cc2-c2cc(-c3ccc4c(c3)c3cc(-c5ccccc5)ccc3n4-c3cccc4ccccc34)ccc21. The fourth-order valence-corrected chi connectivity index (χ4v) is 7.66. The molecule has 221 valence electrons. The third kappa shape index (κ3) is 4.27. The Labute approximate surface area is 280 Å². The molecule has 0 unspecified atom stereocenters. The lowest BCUT2D eigenvalue weighted by Gasteiger charge is -2.12. The highest BCUT2D eigenvalue weighted by Crippen LogP contribution is 2.39. The van der Waals surface area contributed by atoms with Crippen LogP contribution in [0.5, 0.6) is 0 Å². The van der Waals surface area contributed by atoms with Gasteiger partial charge < -0.3 is 4.57 Å². The maximum absolute atomic E-state index is 2.45. The van der Waals surface area contributed by atoms with Crippen LogP contribution in [0.3, 0.4) is 0 Å². The van der Waals surface area contributed by atoms with E-state index in [-0.39, 0.29) is 0 Å². The molecule has 0 N–H and O–H groups in total. The van der Waals surface area contributed by atoms with Gasteiger partial charge in [0.15, 0.2) is 7.28 Å². The molecule has 1 aromatic heterocycles. The standard InChI is InChI=1S/C46H29BN/c1-3-10-30(11-4-1)33-18-22-42-38(26-33)39-27-35(19-23-43(39)47-42)36-21-25-46-41(29-36)40-28-34(31-12-5-2-6-13-31)20-24-45(40)48(46)44-17-9-15-32-14-7-8-16-37(32)44/h1-29H. The van der Waals surface area contributed by atoms with Crippen molar-refractivity contribution < 1.29 is 0 Å². The van der Waals surface area contributed by atoms with E-state index in [1.807, 2.05) is 0 Å². The molecule has 0 fully saturated rings. The Balaban J connectivity index is 1.17. The average Bonchev–Trinajstić information content (AvgIpc) is 3.69. The number of hydrogen-bond donors (Lipinski definition) is 0. The van der Waals surface area contributed by atoms with Gasteiger partial charge in [-0.15, -0.1) is 0 Å². The second-order valence-electron chi connectivity index (χ2n) is 12.8. The molecule has 0 bridgehead atoms. The highest BCUT2D eigenvalue weighted by Gasteiger charge is 2.22. The van der Waals surface area contributed by atoms with Crippen LogP contribution in [0.4, 0.5) is 0 Å². The maximum Gasteiger partial charge on any atom is 0.193 e. The Morgan fingerprint density at radius 3 is 1.44 bits per heavy atom. The van der Waals surface area contributed by atoms with Crippen LogP contribution < -0.4 is 10.9 Å². The first-order valence-corrected chi connectivity index (χ1v) is 16.6. The first-order valence-electron chi connectivity index (χ1n) is 16.6. The molecule has 2 heteroatoms. The summed E-state index contributed by atoms with van der Waals surface area (Å²) in [5.74, 6) is 0. The minimum Gasteiger partial charge on any atom is -0.309 e. The summed E-state index contributed by atoms with van der Waals surface area (Å²) < 4.78 is 2.45. The van der Waals surface area contributed by atoms with E-state index in [2.05, 4.69) is 188 Å². The molecule has 48 heavy (non-hydrogen) atoms. The van der Waals surface area contributed by atoms with E-state index >= 15 is 0 Å². The van der Waals surface area contributed by atoms with Crippen molar-refractivity contribution in [1.29, 1.82) is 0 Å². The molecule has 1 radical (unpaired) electrons. The van der Waals surface area contributed by atoms with Crippen LogP contribution in [0.1, 0.15) is 0 Å². The third-order valence-corrected chi connectivity index (χ3v) is 10.0. The zero-order valence-electron chi connectivity index (χ0n) is 26.3. The van der Waals surface area contributed by atoms with Crippen molar-refractivity contribution in [3.8, 4) is 50.2 Å². The molecule has 0 spiro atoms. The predicted molar refractivity (Wildman–Crippen MR) is 205 cm³/mol. The summed E-state index contributed by atoms with van der Waals surface area (Å²) in [5, 5.41) is 5.01. The molecule has 10 rings (SSSR count). The van der Waals surface area contributed by atoms with Gasteiger partial charge in [-0.25, -0.2) is 0 Å². The molecule has 0 saturated carbocycles. The summed E-state index contributed by atoms with van der Waals surface area (Å²) in [6.45, 7) is 0. The molecule has 0 atom stereocenters. The molecular formula is C46H29BN. The lowest BCUT2D eigenvalue weighted by Crippen LogP contribution is -2.20. The minimum absolute atomic E-state index is 1.20. The number of rotatable bonds is 4. The summed E-state index contributed by atoms with van der Waals surface area (Å²) in [5.41, 5.74) is 16.2. The molecular weight excluding hydrogens is 577 g/mol. The lowest BCUT2D eigenvalue weighted by molar-refractivity contribution is 1.20. The van der Waals surface area contributed by atoms with Crippen LogP contribution in [-0.4, -0.2) is 11.8 Å². The van der Waals surface area contributed by atoms with Gasteiger partial charge in [0, 0.05) is 16.2 Å². The molecule has 2 heterocycles. The second kappa shape index (κ2) is 10.7. The number of benzene rings is 8. The minimum atomic E-state index is 1.20. The zero-order valence-corrected chi connectivity index (χ0v) is 26.3. The average molecular weight is 607 g/mol. The van der Waals surface area contributed by atoms with Crippen molar-refractivity contribution >= 4 is 50.8 Å². The molecule has 0 saturated heterocycles. The van der Waals surface area contributed by atoms with Crippen LogP contribution in [-0.2, 0) is 0 Å². The van der Waals surface area contributed by atoms with Gasteiger partial charge in [-0.3, -0.25) is 0 Å². The number of nitrogens with zero attached hydrogens (tertiary/aromatic N) is 1. The van der Waals surface area contributed by atoms with Crippen LogP contribution >= 0.6 is 0 Å².